The molecule has 2 aromatic rings. The van der Waals surface area contributed by atoms with Crippen LogP contribution >= 0.6 is 11.6 Å². The summed E-state index contributed by atoms with van der Waals surface area (Å²) in [7, 11) is 0. The molecule has 1 aromatic carbocycles. The van der Waals surface area contributed by atoms with Crippen LogP contribution in [0.15, 0.2) is 36.5 Å². The first-order chi connectivity index (χ1) is 7.18. The SMILES string of the molecule is CC(N)c1ccnn1-c1ccc(Cl)cc1. The lowest BCUT2D eigenvalue weighted by molar-refractivity contribution is 0.710. The second-order valence-electron chi connectivity index (χ2n) is 3.43. The van der Waals surface area contributed by atoms with Gasteiger partial charge in [0.2, 0.25) is 0 Å². The summed E-state index contributed by atoms with van der Waals surface area (Å²) in [6, 6.07) is 9.39. The summed E-state index contributed by atoms with van der Waals surface area (Å²) in [5.41, 5.74) is 7.79. The molecule has 0 saturated carbocycles. The fourth-order valence-electron chi connectivity index (χ4n) is 1.46. The quantitative estimate of drug-likeness (QED) is 0.847. The first-order valence-corrected chi connectivity index (χ1v) is 5.12. The van der Waals surface area contributed by atoms with Crippen molar-refractivity contribution in [3.05, 3.63) is 47.2 Å². The van der Waals surface area contributed by atoms with E-state index in [4.69, 9.17) is 17.3 Å². The van der Waals surface area contributed by atoms with E-state index in [1.807, 2.05) is 41.9 Å². The number of benzene rings is 1. The van der Waals surface area contributed by atoms with Crippen molar-refractivity contribution in [1.82, 2.24) is 9.78 Å². The van der Waals surface area contributed by atoms with Crippen LogP contribution in [0.1, 0.15) is 18.7 Å². The topological polar surface area (TPSA) is 43.8 Å². The Morgan fingerprint density at radius 2 is 1.93 bits per heavy atom. The largest absolute Gasteiger partial charge is 0.323 e. The van der Waals surface area contributed by atoms with E-state index >= 15 is 0 Å². The molecule has 3 nitrogen and oxygen atoms in total. The molecular formula is C11H12ClN3. The molecule has 1 atom stereocenters. The highest BCUT2D eigenvalue weighted by molar-refractivity contribution is 6.30. The van der Waals surface area contributed by atoms with Crippen LogP contribution in [0.4, 0.5) is 0 Å². The Kier molecular flexibility index (Phi) is 2.75. The zero-order valence-corrected chi connectivity index (χ0v) is 9.15. The van der Waals surface area contributed by atoms with Crippen LogP contribution in [0.2, 0.25) is 5.02 Å². The maximum atomic E-state index is 5.84. The number of halogens is 1. The standard InChI is InChI=1S/C11H12ClN3/c1-8(13)11-6-7-14-15(11)10-4-2-9(12)3-5-10/h2-8H,13H2,1H3. The summed E-state index contributed by atoms with van der Waals surface area (Å²) >= 11 is 5.82. The summed E-state index contributed by atoms with van der Waals surface area (Å²) in [4.78, 5) is 0. The van der Waals surface area contributed by atoms with Crippen LogP contribution < -0.4 is 5.73 Å². The van der Waals surface area contributed by atoms with E-state index in [1.54, 1.807) is 6.20 Å². The fourth-order valence-corrected chi connectivity index (χ4v) is 1.58. The zero-order valence-electron chi connectivity index (χ0n) is 8.39. The van der Waals surface area contributed by atoms with E-state index in [0.29, 0.717) is 5.02 Å². The molecule has 0 spiro atoms. The molecule has 2 rings (SSSR count). The molecule has 0 fully saturated rings. The van der Waals surface area contributed by atoms with Gasteiger partial charge < -0.3 is 5.73 Å². The van der Waals surface area contributed by atoms with Gasteiger partial charge in [-0.25, -0.2) is 4.68 Å². The van der Waals surface area contributed by atoms with E-state index in [1.165, 1.54) is 0 Å². The third-order valence-electron chi connectivity index (χ3n) is 2.21. The van der Waals surface area contributed by atoms with Gasteiger partial charge in [-0.05, 0) is 37.3 Å². The van der Waals surface area contributed by atoms with Gasteiger partial charge in [0.05, 0.1) is 11.4 Å². The smallest absolute Gasteiger partial charge is 0.0650 e. The number of nitrogens with zero attached hydrogens (tertiary/aromatic N) is 2. The third-order valence-corrected chi connectivity index (χ3v) is 2.46. The molecule has 0 aliphatic carbocycles. The molecule has 0 amide bonds. The minimum atomic E-state index is -0.0387. The molecule has 15 heavy (non-hydrogen) atoms. The van der Waals surface area contributed by atoms with Gasteiger partial charge in [-0.15, -0.1) is 0 Å². The Labute approximate surface area is 93.5 Å². The zero-order chi connectivity index (χ0) is 10.8. The summed E-state index contributed by atoms with van der Waals surface area (Å²) in [6.07, 6.45) is 1.74. The van der Waals surface area contributed by atoms with Crippen molar-refractivity contribution in [3.63, 3.8) is 0 Å². The monoisotopic (exact) mass is 221 g/mol. The third kappa shape index (κ3) is 2.03. The van der Waals surface area contributed by atoms with Crippen molar-refractivity contribution in [2.75, 3.05) is 0 Å². The summed E-state index contributed by atoms with van der Waals surface area (Å²) in [6.45, 7) is 1.93. The first-order valence-electron chi connectivity index (χ1n) is 4.74. The van der Waals surface area contributed by atoms with Crippen molar-refractivity contribution in [3.8, 4) is 5.69 Å². The Bertz CT molecular complexity index is 445. The van der Waals surface area contributed by atoms with Crippen molar-refractivity contribution >= 4 is 11.6 Å². The van der Waals surface area contributed by atoms with E-state index in [0.717, 1.165) is 11.4 Å². The van der Waals surface area contributed by atoms with Crippen LogP contribution in [0.3, 0.4) is 0 Å². The predicted octanol–water partition coefficient (Wildman–Crippen LogP) is 2.55. The first kappa shape index (κ1) is 10.2. The van der Waals surface area contributed by atoms with E-state index in [-0.39, 0.29) is 6.04 Å². The second kappa shape index (κ2) is 4.04. The van der Waals surface area contributed by atoms with E-state index < -0.39 is 0 Å². The molecule has 1 heterocycles. The van der Waals surface area contributed by atoms with Gasteiger partial charge in [-0.3, -0.25) is 0 Å². The van der Waals surface area contributed by atoms with Crippen molar-refractivity contribution in [2.24, 2.45) is 5.73 Å². The summed E-state index contributed by atoms with van der Waals surface area (Å²) in [5, 5.41) is 4.95. The van der Waals surface area contributed by atoms with Gasteiger partial charge in [0.25, 0.3) is 0 Å². The van der Waals surface area contributed by atoms with Gasteiger partial charge >= 0.3 is 0 Å². The molecule has 0 bridgehead atoms. The molecule has 4 heteroatoms. The van der Waals surface area contributed by atoms with Gasteiger partial charge in [-0.2, -0.15) is 5.10 Å². The highest BCUT2D eigenvalue weighted by Gasteiger charge is 2.07. The summed E-state index contributed by atoms with van der Waals surface area (Å²) < 4.78 is 1.82. The van der Waals surface area contributed by atoms with Crippen LogP contribution in [-0.2, 0) is 0 Å². The van der Waals surface area contributed by atoms with Crippen molar-refractivity contribution in [1.29, 1.82) is 0 Å². The number of nitrogens with two attached hydrogens (primary N) is 1. The lowest BCUT2D eigenvalue weighted by Crippen LogP contribution is -2.11. The highest BCUT2D eigenvalue weighted by Crippen LogP contribution is 2.17. The van der Waals surface area contributed by atoms with Crippen LogP contribution in [0.5, 0.6) is 0 Å². The predicted molar refractivity (Wildman–Crippen MR) is 61.2 cm³/mol. The molecule has 0 radical (unpaired) electrons. The van der Waals surface area contributed by atoms with Crippen LogP contribution in [-0.4, -0.2) is 9.78 Å². The molecule has 1 unspecified atom stereocenters. The van der Waals surface area contributed by atoms with Gasteiger partial charge in [0.15, 0.2) is 0 Å². The molecular weight excluding hydrogens is 210 g/mol. The second-order valence-corrected chi connectivity index (χ2v) is 3.87. The highest BCUT2D eigenvalue weighted by atomic mass is 35.5. The average molecular weight is 222 g/mol. The molecule has 0 saturated heterocycles. The molecule has 0 aliphatic rings. The summed E-state index contributed by atoms with van der Waals surface area (Å²) in [5.74, 6) is 0. The lowest BCUT2D eigenvalue weighted by atomic mass is 10.2. The van der Waals surface area contributed by atoms with E-state index in [2.05, 4.69) is 5.10 Å². The molecule has 2 N–H and O–H groups in total. The molecule has 78 valence electrons. The van der Waals surface area contributed by atoms with Crippen molar-refractivity contribution in [2.45, 2.75) is 13.0 Å². The maximum absolute atomic E-state index is 5.84. The average Bonchev–Trinajstić information content (AvgIpc) is 2.67. The van der Waals surface area contributed by atoms with Crippen LogP contribution in [0.25, 0.3) is 5.69 Å². The minimum Gasteiger partial charge on any atom is -0.323 e. The Balaban J connectivity index is 2.45. The number of rotatable bonds is 2. The normalized spacial score (nSPS) is 12.7. The number of aromatic nitrogens is 2. The lowest BCUT2D eigenvalue weighted by Gasteiger charge is -2.09. The Morgan fingerprint density at radius 3 is 2.53 bits per heavy atom. The Morgan fingerprint density at radius 1 is 1.27 bits per heavy atom. The van der Waals surface area contributed by atoms with Gasteiger partial charge in [-0.1, -0.05) is 11.6 Å². The minimum absolute atomic E-state index is 0.0387. The molecule has 0 aliphatic heterocycles. The fraction of sp³-hybridized carbons (Fsp3) is 0.182. The van der Waals surface area contributed by atoms with E-state index in [9.17, 15) is 0 Å². The maximum Gasteiger partial charge on any atom is 0.0650 e. The van der Waals surface area contributed by atoms with Gasteiger partial charge in [0, 0.05) is 17.3 Å². The number of hydrogen-bond donors (Lipinski definition) is 1. The number of hydrogen-bond acceptors (Lipinski definition) is 2. The van der Waals surface area contributed by atoms with Gasteiger partial charge in [0.1, 0.15) is 0 Å². The molecule has 1 aromatic heterocycles. The van der Waals surface area contributed by atoms with Crippen molar-refractivity contribution < 1.29 is 0 Å². The van der Waals surface area contributed by atoms with Crippen LogP contribution in [0, 0.1) is 0 Å². The Hall–Kier alpha value is -1.32.